The lowest BCUT2D eigenvalue weighted by Crippen LogP contribution is -2.22. The van der Waals surface area contributed by atoms with Gasteiger partial charge in [-0.25, -0.2) is 9.50 Å². The van der Waals surface area contributed by atoms with Crippen LogP contribution < -0.4 is 5.56 Å². The van der Waals surface area contributed by atoms with E-state index in [-0.39, 0.29) is 11.5 Å². The first-order chi connectivity index (χ1) is 11.1. The summed E-state index contributed by atoms with van der Waals surface area (Å²) < 4.78 is 3.27. The smallest absolute Gasteiger partial charge is 0.276 e. The third-order valence-corrected chi connectivity index (χ3v) is 4.19. The molecular weight excluding hydrogens is 292 g/mol. The van der Waals surface area contributed by atoms with Crippen molar-refractivity contribution < 1.29 is 0 Å². The van der Waals surface area contributed by atoms with Crippen molar-refractivity contribution in [2.24, 2.45) is 0 Å². The van der Waals surface area contributed by atoms with Crippen LogP contribution in [0.2, 0.25) is 0 Å². The maximum absolute atomic E-state index is 12.8. The Labute approximate surface area is 132 Å². The second-order valence-electron chi connectivity index (χ2n) is 6.23. The molecule has 0 unspecified atom stereocenters. The molecule has 1 aliphatic rings. The Hall–Kier alpha value is -2.88. The van der Waals surface area contributed by atoms with Crippen molar-refractivity contribution in [1.29, 1.82) is 5.26 Å². The molecule has 7 nitrogen and oxygen atoms in total. The van der Waals surface area contributed by atoms with Gasteiger partial charge in [-0.05, 0) is 18.8 Å². The van der Waals surface area contributed by atoms with Gasteiger partial charge in [0.05, 0.1) is 17.9 Å². The van der Waals surface area contributed by atoms with E-state index in [0.29, 0.717) is 28.5 Å². The van der Waals surface area contributed by atoms with Crippen molar-refractivity contribution in [1.82, 2.24) is 24.4 Å². The van der Waals surface area contributed by atoms with Gasteiger partial charge < -0.3 is 0 Å². The molecule has 0 atom stereocenters. The fourth-order valence-electron chi connectivity index (χ4n) is 2.85. The first kappa shape index (κ1) is 13.8. The predicted molar refractivity (Wildman–Crippen MR) is 84.1 cm³/mol. The zero-order chi connectivity index (χ0) is 16.1. The number of hydrogen-bond acceptors (Lipinski definition) is 4. The number of aromatic nitrogens is 5. The minimum absolute atomic E-state index is 0.0139. The average molecular weight is 308 g/mol. The van der Waals surface area contributed by atoms with Gasteiger partial charge >= 0.3 is 0 Å². The van der Waals surface area contributed by atoms with E-state index in [1.165, 1.54) is 10.7 Å². The fourth-order valence-corrected chi connectivity index (χ4v) is 2.85. The van der Waals surface area contributed by atoms with E-state index in [1.54, 1.807) is 6.20 Å². The SMILES string of the molecule is CC(C)c1c(-c2cnn(C3CC3)c2)nc2c(C#N)c[nH]n2c1=O. The zero-order valence-corrected chi connectivity index (χ0v) is 12.9. The van der Waals surface area contributed by atoms with E-state index in [9.17, 15) is 10.1 Å². The number of nitrogens with zero attached hydrogens (tertiary/aromatic N) is 5. The van der Waals surface area contributed by atoms with E-state index >= 15 is 0 Å². The molecule has 4 rings (SSSR count). The van der Waals surface area contributed by atoms with Crippen LogP contribution in [0.3, 0.4) is 0 Å². The molecule has 0 aromatic carbocycles. The van der Waals surface area contributed by atoms with Gasteiger partial charge in [-0.15, -0.1) is 0 Å². The van der Waals surface area contributed by atoms with Crippen molar-refractivity contribution in [3.63, 3.8) is 0 Å². The Morgan fingerprint density at radius 2 is 2.22 bits per heavy atom. The maximum atomic E-state index is 12.8. The lowest BCUT2D eigenvalue weighted by Gasteiger charge is -2.10. The second-order valence-corrected chi connectivity index (χ2v) is 6.23. The molecule has 3 heterocycles. The summed E-state index contributed by atoms with van der Waals surface area (Å²) in [6.07, 6.45) is 7.49. The average Bonchev–Trinajstić information content (AvgIpc) is 3.11. The number of nitriles is 1. The van der Waals surface area contributed by atoms with E-state index < -0.39 is 0 Å². The molecule has 0 saturated heterocycles. The number of aromatic amines is 1. The van der Waals surface area contributed by atoms with Gasteiger partial charge in [-0.1, -0.05) is 13.8 Å². The summed E-state index contributed by atoms with van der Waals surface area (Å²) >= 11 is 0. The molecule has 0 bridgehead atoms. The monoisotopic (exact) mass is 308 g/mol. The Balaban J connectivity index is 2.00. The van der Waals surface area contributed by atoms with Crippen LogP contribution in [0.25, 0.3) is 16.9 Å². The summed E-state index contributed by atoms with van der Waals surface area (Å²) in [4.78, 5) is 17.4. The Morgan fingerprint density at radius 3 is 2.87 bits per heavy atom. The quantitative estimate of drug-likeness (QED) is 0.803. The minimum Gasteiger partial charge on any atom is -0.295 e. The molecule has 3 aromatic rings. The number of fused-ring (bicyclic) bond motifs is 1. The largest absolute Gasteiger partial charge is 0.295 e. The van der Waals surface area contributed by atoms with E-state index in [4.69, 9.17) is 0 Å². The van der Waals surface area contributed by atoms with Gasteiger partial charge in [0.25, 0.3) is 5.56 Å². The minimum atomic E-state index is -0.166. The molecule has 1 saturated carbocycles. The number of rotatable bonds is 3. The molecule has 1 aliphatic carbocycles. The third kappa shape index (κ3) is 2.06. The van der Waals surface area contributed by atoms with E-state index in [0.717, 1.165) is 18.4 Å². The first-order valence-electron chi connectivity index (χ1n) is 7.68. The van der Waals surface area contributed by atoms with Gasteiger partial charge in [0.2, 0.25) is 0 Å². The highest BCUT2D eigenvalue weighted by Gasteiger charge is 2.26. The summed E-state index contributed by atoms with van der Waals surface area (Å²) in [5, 5.41) is 16.4. The first-order valence-corrected chi connectivity index (χ1v) is 7.68. The summed E-state index contributed by atoms with van der Waals surface area (Å²) in [5.74, 6) is 0.0139. The summed E-state index contributed by atoms with van der Waals surface area (Å²) in [6.45, 7) is 3.93. The van der Waals surface area contributed by atoms with Gasteiger partial charge in [0.1, 0.15) is 11.6 Å². The Morgan fingerprint density at radius 1 is 1.43 bits per heavy atom. The van der Waals surface area contributed by atoms with Crippen molar-refractivity contribution in [3.8, 4) is 17.3 Å². The lowest BCUT2D eigenvalue weighted by molar-refractivity contribution is 0.641. The highest BCUT2D eigenvalue weighted by Crippen LogP contribution is 2.35. The molecule has 116 valence electrons. The van der Waals surface area contributed by atoms with Gasteiger partial charge in [0.15, 0.2) is 5.65 Å². The normalized spacial score (nSPS) is 14.5. The van der Waals surface area contributed by atoms with Crippen LogP contribution >= 0.6 is 0 Å². The molecule has 0 radical (unpaired) electrons. The van der Waals surface area contributed by atoms with Gasteiger partial charge in [-0.2, -0.15) is 10.4 Å². The molecular formula is C16H16N6O. The van der Waals surface area contributed by atoms with Crippen molar-refractivity contribution >= 4 is 5.65 Å². The predicted octanol–water partition coefficient (Wildman–Crippen LogP) is 2.22. The molecule has 0 spiro atoms. The van der Waals surface area contributed by atoms with Crippen LogP contribution in [0.1, 0.15) is 49.8 Å². The fraction of sp³-hybridized carbons (Fsp3) is 0.375. The highest BCUT2D eigenvalue weighted by molar-refractivity contribution is 5.67. The second kappa shape index (κ2) is 4.81. The number of nitrogens with one attached hydrogen (secondary N) is 1. The highest BCUT2D eigenvalue weighted by atomic mass is 16.1. The summed E-state index contributed by atoms with van der Waals surface area (Å²) in [5.41, 5.74) is 2.62. The van der Waals surface area contributed by atoms with Crippen molar-refractivity contribution in [3.05, 3.63) is 40.1 Å². The molecule has 3 aromatic heterocycles. The lowest BCUT2D eigenvalue weighted by atomic mass is 10.00. The number of H-pyrrole nitrogens is 1. The maximum Gasteiger partial charge on any atom is 0.276 e. The molecule has 0 amide bonds. The standard InChI is InChI=1S/C16H16N6O/c1-9(2)13-14(11-7-18-21(8-11)12-3-4-12)20-15-10(5-17)6-19-22(15)16(13)23/h6-9,12,19H,3-4H2,1-2H3. The van der Waals surface area contributed by atoms with E-state index in [1.807, 2.05) is 24.7 Å². The summed E-state index contributed by atoms with van der Waals surface area (Å²) in [6, 6.07) is 2.53. The Bertz CT molecular complexity index is 996. The van der Waals surface area contributed by atoms with E-state index in [2.05, 4.69) is 21.3 Å². The van der Waals surface area contributed by atoms with Gasteiger partial charge in [-0.3, -0.25) is 14.6 Å². The van der Waals surface area contributed by atoms with Crippen LogP contribution in [0.4, 0.5) is 0 Å². The van der Waals surface area contributed by atoms with Crippen LogP contribution in [0, 0.1) is 11.3 Å². The van der Waals surface area contributed by atoms with Gasteiger partial charge in [0, 0.05) is 23.5 Å². The molecule has 1 N–H and O–H groups in total. The van der Waals surface area contributed by atoms with Crippen LogP contribution in [-0.4, -0.2) is 24.4 Å². The van der Waals surface area contributed by atoms with Crippen LogP contribution in [0.5, 0.6) is 0 Å². The molecule has 23 heavy (non-hydrogen) atoms. The van der Waals surface area contributed by atoms with Crippen LogP contribution in [-0.2, 0) is 0 Å². The summed E-state index contributed by atoms with van der Waals surface area (Å²) in [7, 11) is 0. The number of hydrogen-bond donors (Lipinski definition) is 1. The third-order valence-electron chi connectivity index (χ3n) is 4.19. The molecule has 0 aliphatic heterocycles. The molecule has 7 heteroatoms. The van der Waals surface area contributed by atoms with Crippen LogP contribution in [0.15, 0.2) is 23.4 Å². The zero-order valence-electron chi connectivity index (χ0n) is 12.9. The van der Waals surface area contributed by atoms with Crippen molar-refractivity contribution in [2.75, 3.05) is 0 Å². The topological polar surface area (TPSA) is 91.8 Å². The Kier molecular flexibility index (Phi) is 2.88. The molecule has 1 fully saturated rings. The van der Waals surface area contributed by atoms with Crippen molar-refractivity contribution in [2.45, 2.75) is 38.6 Å².